The van der Waals surface area contributed by atoms with Gasteiger partial charge < -0.3 is 5.32 Å². The number of nitro benzene ring substituents is 1. The van der Waals surface area contributed by atoms with E-state index in [1.165, 1.54) is 12.1 Å². The Kier molecular flexibility index (Phi) is 4.31. The number of aryl methyl sites for hydroxylation is 1. The van der Waals surface area contributed by atoms with Gasteiger partial charge in [-0.15, -0.1) is 0 Å². The van der Waals surface area contributed by atoms with Gasteiger partial charge in [-0.25, -0.2) is 9.97 Å². The van der Waals surface area contributed by atoms with Crippen LogP contribution in [0, 0.1) is 22.9 Å². The summed E-state index contributed by atoms with van der Waals surface area (Å²) in [6.45, 7) is 2.41. The quantitative estimate of drug-likeness (QED) is 0.668. The maximum absolute atomic E-state index is 13.8. The minimum atomic E-state index is -0.802. The highest BCUT2D eigenvalue weighted by Gasteiger charge is 2.16. The maximum Gasteiger partial charge on any atom is 0.305 e. The molecule has 0 unspecified atom stereocenters. The van der Waals surface area contributed by atoms with Gasteiger partial charge in [0.25, 0.3) is 0 Å². The SMILES string of the molecule is Cc1nccc(CNCc2cccc([N+](=O)[O-])c2F)n1. The van der Waals surface area contributed by atoms with Crippen LogP contribution in [-0.4, -0.2) is 14.9 Å². The molecule has 6 nitrogen and oxygen atoms in total. The summed E-state index contributed by atoms with van der Waals surface area (Å²) in [6.07, 6.45) is 1.65. The van der Waals surface area contributed by atoms with Crippen LogP contribution in [0.5, 0.6) is 0 Å². The summed E-state index contributed by atoms with van der Waals surface area (Å²) >= 11 is 0. The van der Waals surface area contributed by atoms with E-state index in [1.807, 2.05) is 0 Å². The lowest BCUT2D eigenvalue weighted by atomic mass is 10.2. The Labute approximate surface area is 114 Å². The van der Waals surface area contributed by atoms with E-state index in [4.69, 9.17) is 0 Å². The fourth-order valence-electron chi connectivity index (χ4n) is 1.77. The minimum Gasteiger partial charge on any atom is -0.307 e. The van der Waals surface area contributed by atoms with E-state index in [0.29, 0.717) is 12.4 Å². The largest absolute Gasteiger partial charge is 0.307 e. The average molecular weight is 276 g/mol. The zero-order valence-electron chi connectivity index (χ0n) is 10.8. The Morgan fingerprint density at radius 2 is 2.15 bits per heavy atom. The average Bonchev–Trinajstić information content (AvgIpc) is 2.40. The molecule has 0 atom stereocenters. The number of nitrogens with one attached hydrogen (secondary N) is 1. The van der Waals surface area contributed by atoms with E-state index in [-0.39, 0.29) is 12.1 Å². The van der Waals surface area contributed by atoms with Crippen molar-refractivity contribution in [3.8, 4) is 0 Å². The van der Waals surface area contributed by atoms with Crippen molar-refractivity contribution < 1.29 is 9.31 Å². The van der Waals surface area contributed by atoms with E-state index >= 15 is 0 Å². The summed E-state index contributed by atoms with van der Waals surface area (Å²) in [5.41, 5.74) is 0.524. The molecule has 0 saturated carbocycles. The predicted octanol–water partition coefficient (Wildman–Crippen LogP) is 2.12. The second kappa shape index (κ2) is 6.16. The lowest BCUT2D eigenvalue weighted by Gasteiger charge is -2.06. The Morgan fingerprint density at radius 1 is 1.35 bits per heavy atom. The maximum atomic E-state index is 13.8. The van der Waals surface area contributed by atoms with Crippen LogP contribution in [0.1, 0.15) is 17.1 Å². The monoisotopic (exact) mass is 276 g/mol. The van der Waals surface area contributed by atoms with Gasteiger partial charge in [0.1, 0.15) is 5.82 Å². The number of hydrogen-bond acceptors (Lipinski definition) is 5. The fraction of sp³-hybridized carbons (Fsp3) is 0.231. The number of halogens is 1. The number of nitrogens with zero attached hydrogens (tertiary/aromatic N) is 3. The summed E-state index contributed by atoms with van der Waals surface area (Å²) in [5, 5.41) is 13.6. The van der Waals surface area contributed by atoms with Gasteiger partial charge in [0.05, 0.1) is 10.6 Å². The molecule has 0 aliphatic heterocycles. The summed E-state index contributed by atoms with van der Waals surface area (Å²) in [7, 11) is 0. The molecule has 0 amide bonds. The van der Waals surface area contributed by atoms with Gasteiger partial charge in [-0.1, -0.05) is 12.1 Å². The first kappa shape index (κ1) is 14.0. The highest BCUT2D eigenvalue weighted by molar-refractivity contribution is 5.36. The highest BCUT2D eigenvalue weighted by Crippen LogP contribution is 2.19. The van der Waals surface area contributed by atoms with Crippen molar-refractivity contribution in [3.05, 3.63) is 63.5 Å². The molecule has 0 bridgehead atoms. The molecule has 7 heteroatoms. The Hall–Kier alpha value is -2.41. The third-order valence-corrected chi connectivity index (χ3v) is 2.71. The third-order valence-electron chi connectivity index (χ3n) is 2.71. The van der Waals surface area contributed by atoms with E-state index in [0.717, 1.165) is 11.8 Å². The summed E-state index contributed by atoms with van der Waals surface area (Å²) in [4.78, 5) is 18.1. The molecule has 1 aromatic carbocycles. The zero-order chi connectivity index (χ0) is 14.5. The summed E-state index contributed by atoms with van der Waals surface area (Å²) < 4.78 is 13.8. The standard InChI is InChI=1S/C13H13FN4O2/c1-9-16-6-5-11(17-9)8-15-7-10-3-2-4-12(13(10)14)18(19)20/h2-6,15H,7-8H2,1H3. The van der Waals surface area contributed by atoms with E-state index in [1.54, 1.807) is 19.2 Å². The van der Waals surface area contributed by atoms with Crippen LogP contribution in [0.3, 0.4) is 0 Å². The lowest BCUT2D eigenvalue weighted by molar-refractivity contribution is -0.387. The van der Waals surface area contributed by atoms with Crippen LogP contribution in [0.25, 0.3) is 0 Å². The van der Waals surface area contributed by atoms with Crippen LogP contribution in [0.4, 0.5) is 10.1 Å². The Balaban J connectivity index is 2.01. The van der Waals surface area contributed by atoms with Gasteiger partial charge in [0, 0.05) is 30.9 Å². The number of benzene rings is 1. The third kappa shape index (κ3) is 3.33. The smallest absolute Gasteiger partial charge is 0.305 e. The molecule has 0 spiro atoms. The van der Waals surface area contributed by atoms with Gasteiger partial charge in [0.15, 0.2) is 0 Å². The highest BCUT2D eigenvalue weighted by atomic mass is 19.1. The molecule has 2 aromatic rings. The summed E-state index contributed by atoms with van der Waals surface area (Å²) in [6, 6.07) is 5.88. The van der Waals surface area contributed by atoms with Crippen LogP contribution in [0.15, 0.2) is 30.5 Å². The number of aromatic nitrogens is 2. The van der Waals surface area contributed by atoms with Gasteiger partial charge in [0.2, 0.25) is 5.82 Å². The molecule has 104 valence electrons. The van der Waals surface area contributed by atoms with Crippen molar-refractivity contribution in [2.45, 2.75) is 20.0 Å². The van der Waals surface area contributed by atoms with Gasteiger partial charge in [-0.05, 0) is 13.0 Å². The molecule has 0 radical (unpaired) electrons. The second-order valence-corrected chi connectivity index (χ2v) is 4.21. The number of nitro groups is 1. The van der Waals surface area contributed by atoms with Gasteiger partial charge in [-0.3, -0.25) is 10.1 Å². The van der Waals surface area contributed by atoms with Crippen molar-refractivity contribution in [1.82, 2.24) is 15.3 Å². The van der Waals surface area contributed by atoms with Crippen molar-refractivity contribution in [2.75, 3.05) is 0 Å². The van der Waals surface area contributed by atoms with E-state index < -0.39 is 16.4 Å². The molecule has 1 N–H and O–H groups in total. The first-order chi connectivity index (χ1) is 9.58. The first-order valence-electron chi connectivity index (χ1n) is 5.99. The molecule has 20 heavy (non-hydrogen) atoms. The molecule has 1 heterocycles. The topological polar surface area (TPSA) is 81.0 Å². The van der Waals surface area contributed by atoms with Crippen LogP contribution in [-0.2, 0) is 13.1 Å². The van der Waals surface area contributed by atoms with E-state index in [2.05, 4.69) is 15.3 Å². The zero-order valence-corrected chi connectivity index (χ0v) is 10.8. The van der Waals surface area contributed by atoms with Crippen LogP contribution < -0.4 is 5.32 Å². The van der Waals surface area contributed by atoms with Crippen molar-refractivity contribution in [2.24, 2.45) is 0 Å². The normalized spacial score (nSPS) is 10.5. The molecule has 2 rings (SSSR count). The van der Waals surface area contributed by atoms with E-state index in [9.17, 15) is 14.5 Å². The second-order valence-electron chi connectivity index (χ2n) is 4.21. The summed E-state index contributed by atoms with van der Waals surface area (Å²) in [5.74, 6) is -0.144. The minimum absolute atomic E-state index is 0.191. The fourth-order valence-corrected chi connectivity index (χ4v) is 1.77. The Morgan fingerprint density at radius 3 is 2.85 bits per heavy atom. The molecule has 0 aliphatic rings. The predicted molar refractivity (Wildman–Crippen MR) is 70.4 cm³/mol. The van der Waals surface area contributed by atoms with Crippen molar-refractivity contribution in [3.63, 3.8) is 0 Å². The van der Waals surface area contributed by atoms with Gasteiger partial charge in [-0.2, -0.15) is 4.39 Å². The van der Waals surface area contributed by atoms with Crippen molar-refractivity contribution in [1.29, 1.82) is 0 Å². The Bertz CT molecular complexity index is 634. The van der Waals surface area contributed by atoms with Crippen LogP contribution >= 0.6 is 0 Å². The number of rotatable bonds is 5. The van der Waals surface area contributed by atoms with Crippen molar-refractivity contribution >= 4 is 5.69 Å². The van der Waals surface area contributed by atoms with Gasteiger partial charge >= 0.3 is 5.69 Å². The lowest BCUT2D eigenvalue weighted by Crippen LogP contribution is -2.15. The molecule has 1 aromatic heterocycles. The number of hydrogen-bond donors (Lipinski definition) is 1. The van der Waals surface area contributed by atoms with Crippen LogP contribution in [0.2, 0.25) is 0 Å². The first-order valence-corrected chi connectivity index (χ1v) is 5.99. The molecule has 0 aliphatic carbocycles. The molecular formula is C13H13FN4O2. The molecule has 0 fully saturated rings. The molecular weight excluding hydrogens is 263 g/mol. The molecule has 0 saturated heterocycles.